The summed E-state index contributed by atoms with van der Waals surface area (Å²) in [6.45, 7) is 5.55. The number of fused-ring (bicyclic) bond motifs is 1. The minimum atomic E-state index is 0. The summed E-state index contributed by atoms with van der Waals surface area (Å²) < 4.78 is 1.17. The van der Waals surface area contributed by atoms with Gasteiger partial charge in [0.1, 0.15) is 0 Å². The van der Waals surface area contributed by atoms with Gasteiger partial charge in [0.15, 0.2) is 0 Å². The van der Waals surface area contributed by atoms with Crippen molar-refractivity contribution in [3.8, 4) is 0 Å². The van der Waals surface area contributed by atoms with Crippen molar-refractivity contribution < 1.29 is 0 Å². The van der Waals surface area contributed by atoms with Crippen molar-refractivity contribution in [1.29, 1.82) is 0 Å². The Balaban J connectivity index is 0.000000980. The van der Waals surface area contributed by atoms with Crippen molar-refractivity contribution in [3.63, 3.8) is 0 Å². The minimum Gasteiger partial charge on any atom is -0.307 e. The molecule has 0 spiro atoms. The van der Waals surface area contributed by atoms with Crippen molar-refractivity contribution in [1.82, 2.24) is 5.32 Å². The molecule has 1 aliphatic rings. The third-order valence-corrected chi connectivity index (χ3v) is 3.20. The molecule has 1 heterocycles. The fourth-order valence-electron chi connectivity index (χ4n) is 1.95. The second-order valence-electron chi connectivity index (χ2n) is 4.10. The first-order valence-corrected chi connectivity index (χ1v) is 5.43. The lowest BCUT2D eigenvalue weighted by Gasteiger charge is -2.34. The lowest BCUT2D eigenvalue weighted by atomic mass is 9.85. The monoisotopic (exact) mass is 275 g/mol. The van der Waals surface area contributed by atoms with Crippen LogP contribution in [0.1, 0.15) is 25.0 Å². The van der Waals surface area contributed by atoms with E-state index in [1.165, 1.54) is 15.6 Å². The van der Waals surface area contributed by atoms with Crippen LogP contribution in [0.15, 0.2) is 22.7 Å². The molecule has 0 atom stereocenters. The van der Waals surface area contributed by atoms with Gasteiger partial charge >= 0.3 is 0 Å². The zero-order chi connectivity index (χ0) is 9.47. The summed E-state index contributed by atoms with van der Waals surface area (Å²) >= 11 is 3.51. The van der Waals surface area contributed by atoms with E-state index in [1.807, 2.05) is 0 Å². The van der Waals surface area contributed by atoms with Gasteiger partial charge in [-0.3, -0.25) is 0 Å². The summed E-state index contributed by atoms with van der Waals surface area (Å²) in [5, 5.41) is 3.52. The van der Waals surface area contributed by atoms with Crippen LogP contribution in [0, 0.1) is 0 Å². The molecule has 1 aromatic rings. The Hall–Kier alpha value is -0.0500. The Morgan fingerprint density at radius 1 is 1.36 bits per heavy atom. The average molecular weight is 277 g/mol. The van der Waals surface area contributed by atoms with Gasteiger partial charge in [0.2, 0.25) is 0 Å². The van der Waals surface area contributed by atoms with E-state index in [1.54, 1.807) is 0 Å². The van der Waals surface area contributed by atoms with Gasteiger partial charge in [-0.15, -0.1) is 12.4 Å². The maximum atomic E-state index is 3.52. The van der Waals surface area contributed by atoms with E-state index < -0.39 is 0 Å². The summed E-state index contributed by atoms with van der Waals surface area (Å²) in [7, 11) is 0. The SMILES string of the molecule is CC1(C)NCCc2ccc(Br)cc21.Cl. The highest BCUT2D eigenvalue weighted by atomic mass is 79.9. The molecule has 0 saturated carbocycles. The molecule has 1 aliphatic heterocycles. The first kappa shape index (κ1) is 12.0. The van der Waals surface area contributed by atoms with E-state index >= 15 is 0 Å². The second-order valence-corrected chi connectivity index (χ2v) is 5.02. The van der Waals surface area contributed by atoms with Gasteiger partial charge in [-0.2, -0.15) is 0 Å². The molecule has 0 bridgehead atoms. The zero-order valence-electron chi connectivity index (χ0n) is 8.43. The molecule has 1 N–H and O–H groups in total. The predicted octanol–water partition coefficient (Wildman–Crippen LogP) is 3.25. The normalized spacial score (nSPS) is 18.2. The molecule has 1 aromatic carbocycles. The predicted molar refractivity (Wildman–Crippen MR) is 66.1 cm³/mol. The minimum absolute atomic E-state index is 0. The molecule has 0 aliphatic carbocycles. The molecule has 14 heavy (non-hydrogen) atoms. The summed E-state index contributed by atoms with van der Waals surface area (Å²) in [6.07, 6.45) is 1.14. The Kier molecular flexibility index (Phi) is 3.62. The zero-order valence-corrected chi connectivity index (χ0v) is 10.8. The Morgan fingerprint density at radius 3 is 2.79 bits per heavy atom. The van der Waals surface area contributed by atoms with Gasteiger partial charge in [-0.25, -0.2) is 0 Å². The molecule has 0 aromatic heterocycles. The van der Waals surface area contributed by atoms with Gasteiger partial charge in [-0.05, 0) is 50.1 Å². The van der Waals surface area contributed by atoms with E-state index in [9.17, 15) is 0 Å². The van der Waals surface area contributed by atoms with Crippen molar-refractivity contribution in [3.05, 3.63) is 33.8 Å². The number of halogens is 2. The van der Waals surface area contributed by atoms with Crippen molar-refractivity contribution in [2.24, 2.45) is 0 Å². The third-order valence-electron chi connectivity index (χ3n) is 2.71. The molecule has 1 nitrogen and oxygen atoms in total. The molecular formula is C11H15BrClN. The Morgan fingerprint density at radius 2 is 2.07 bits per heavy atom. The van der Waals surface area contributed by atoms with Gasteiger partial charge in [0, 0.05) is 10.0 Å². The number of hydrogen-bond donors (Lipinski definition) is 1. The first-order chi connectivity index (χ1) is 6.09. The standard InChI is InChI=1S/C11H14BrN.ClH/c1-11(2)10-7-9(12)4-3-8(10)5-6-13-11;/h3-4,7,13H,5-6H2,1-2H3;1H. The van der Waals surface area contributed by atoms with E-state index in [4.69, 9.17) is 0 Å². The van der Waals surface area contributed by atoms with Crippen LogP contribution in [0.4, 0.5) is 0 Å². The lowest BCUT2D eigenvalue weighted by molar-refractivity contribution is 0.382. The number of benzene rings is 1. The van der Waals surface area contributed by atoms with E-state index in [-0.39, 0.29) is 17.9 Å². The van der Waals surface area contributed by atoms with Gasteiger partial charge in [0.05, 0.1) is 0 Å². The Labute approximate surface area is 99.8 Å². The van der Waals surface area contributed by atoms with Gasteiger partial charge < -0.3 is 5.32 Å². The van der Waals surface area contributed by atoms with Crippen LogP contribution in [0.25, 0.3) is 0 Å². The van der Waals surface area contributed by atoms with Crippen LogP contribution in [-0.2, 0) is 12.0 Å². The maximum Gasteiger partial charge on any atom is 0.0380 e. The van der Waals surface area contributed by atoms with Crippen LogP contribution < -0.4 is 5.32 Å². The quantitative estimate of drug-likeness (QED) is 0.767. The fraction of sp³-hybridized carbons (Fsp3) is 0.455. The summed E-state index contributed by atoms with van der Waals surface area (Å²) in [6, 6.07) is 6.57. The van der Waals surface area contributed by atoms with Crippen molar-refractivity contribution in [2.75, 3.05) is 6.54 Å². The lowest BCUT2D eigenvalue weighted by Crippen LogP contribution is -2.42. The maximum absolute atomic E-state index is 3.52. The molecule has 0 fully saturated rings. The highest BCUT2D eigenvalue weighted by Gasteiger charge is 2.26. The molecule has 0 unspecified atom stereocenters. The molecule has 0 radical (unpaired) electrons. The molecule has 0 amide bonds. The van der Waals surface area contributed by atoms with Crippen LogP contribution >= 0.6 is 28.3 Å². The van der Waals surface area contributed by atoms with Crippen LogP contribution in [0.2, 0.25) is 0 Å². The van der Waals surface area contributed by atoms with E-state index in [0.717, 1.165) is 13.0 Å². The molecule has 78 valence electrons. The molecular weight excluding hydrogens is 261 g/mol. The van der Waals surface area contributed by atoms with Crippen molar-refractivity contribution in [2.45, 2.75) is 25.8 Å². The highest BCUT2D eigenvalue weighted by Crippen LogP contribution is 2.30. The average Bonchev–Trinajstić information content (AvgIpc) is 2.06. The second kappa shape index (κ2) is 4.21. The molecule has 3 heteroatoms. The topological polar surface area (TPSA) is 12.0 Å². The highest BCUT2D eigenvalue weighted by molar-refractivity contribution is 9.10. The van der Waals surface area contributed by atoms with Crippen LogP contribution in [-0.4, -0.2) is 6.54 Å². The fourth-order valence-corrected chi connectivity index (χ4v) is 2.31. The Bertz CT molecular complexity index is 336. The van der Waals surface area contributed by atoms with Crippen LogP contribution in [0.3, 0.4) is 0 Å². The summed E-state index contributed by atoms with van der Waals surface area (Å²) in [5.41, 5.74) is 3.03. The summed E-state index contributed by atoms with van der Waals surface area (Å²) in [4.78, 5) is 0. The number of rotatable bonds is 0. The molecule has 0 saturated heterocycles. The van der Waals surface area contributed by atoms with E-state index in [0.29, 0.717) is 0 Å². The summed E-state index contributed by atoms with van der Waals surface area (Å²) in [5.74, 6) is 0. The van der Waals surface area contributed by atoms with Crippen molar-refractivity contribution >= 4 is 28.3 Å². The molecule has 2 rings (SSSR count). The third kappa shape index (κ3) is 2.13. The van der Waals surface area contributed by atoms with Crippen LogP contribution in [0.5, 0.6) is 0 Å². The smallest absolute Gasteiger partial charge is 0.0380 e. The number of nitrogens with one attached hydrogen (secondary N) is 1. The number of hydrogen-bond acceptors (Lipinski definition) is 1. The van der Waals surface area contributed by atoms with Gasteiger partial charge in [-0.1, -0.05) is 22.0 Å². The first-order valence-electron chi connectivity index (χ1n) is 4.63. The largest absolute Gasteiger partial charge is 0.307 e. The van der Waals surface area contributed by atoms with E-state index in [2.05, 4.69) is 53.3 Å². The van der Waals surface area contributed by atoms with Gasteiger partial charge in [0.25, 0.3) is 0 Å².